The first-order chi connectivity index (χ1) is 9.45. The molecule has 0 atom stereocenters. The summed E-state index contributed by atoms with van der Waals surface area (Å²) >= 11 is 0. The predicted molar refractivity (Wildman–Crippen MR) is 69.5 cm³/mol. The maximum atomic E-state index is 12.3. The van der Waals surface area contributed by atoms with Crippen LogP contribution in [0.25, 0.3) is 0 Å². The topological polar surface area (TPSA) is 101 Å². The third-order valence-corrected chi connectivity index (χ3v) is 5.02. The van der Waals surface area contributed by atoms with Gasteiger partial charge >= 0.3 is 0 Å². The molecule has 20 heavy (non-hydrogen) atoms. The van der Waals surface area contributed by atoms with Gasteiger partial charge in [0.05, 0.1) is 9.82 Å². The van der Waals surface area contributed by atoms with E-state index < -0.39 is 14.9 Å². The van der Waals surface area contributed by atoms with E-state index in [1.54, 1.807) is 0 Å². The number of nitrogens with zero attached hydrogens (tertiary/aromatic N) is 3. The minimum Gasteiger partial charge on any atom is -0.343 e. The number of sulfonamides is 1. The SMILES string of the molecule is O=CN1CCN(S(=O)(=O)c2ccc([N+](=O)[O-])cc2)CC1. The molecule has 1 aromatic rings. The summed E-state index contributed by atoms with van der Waals surface area (Å²) in [5.74, 6) is 0. The molecule has 1 saturated heterocycles. The van der Waals surface area contributed by atoms with E-state index in [1.807, 2.05) is 0 Å². The fraction of sp³-hybridized carbons (Fsp3) is 0.364. The molecule has 0 unspecified atom stereocenters. The average Bonchev–Trinajstić information content (AvgIpc) is 2.47. The van der Waals surface area contributed by atoms with Gasteiger partial charge in [0.1, 0.15) is 0 Å². The molecule has 2 rings (SSSR count). The number of hydrogen-bond acceptors (Lipinski definition) is 5. The van der Waals surface area contributed by atoms with Gasteiger partial charge in [-0.2, -0.15) is 4.31 Å². The van der Waals surface area contributed by atoms with E-state index in [1.165, 1.54) is 21.3 Å². The van der Waals surface area contributed by atoms with E-state index in [0.717, 1.165) is 12.1 Å². The largest absolute Gasteiger partial charge is 0.343 e. The van der Waals surface area contributed by atoms with Gasteiger partial charge in [-0.1, -0.05) is 0 Å². The molecule has 8 nitrogen and oxygen atoms in total. The number of amides is 1. The molecule has 1 aromatic carbocycles. The van der Waals surface area contributed by atoms with Crippen molar-refractivity contribution in [3.63, 3.8) is 0 Å². The van der Waals surface area contributed by atoms with Gasteiger partial charge in [0.25, 0.3) is 5.69 Å². The van der Waals surface area contributed by atoms with E-state index in [9.17, 15) is 23.3 Å². The molecule has 108 valence electrons. The second-order valence-corrected chi connectivity index (χ2v) is 6.23. The predicted octanol–water partition coefficient (Wildman–Crippen LogP) is 0.0575. The van der Waals surface area contributed by atoms with Gasteiger partial charge in [-0.25, -0.2) is 8.42 Å². The van der Waals surface area contributed by atoms with Crippen molar-refractivity contribution >= 4 is 22.1 Å². The quantitative estimate of drug-likeness (QED) is 0.444. The van der Waals surface area contributed by atoms with Crippen molar-refractivity contribution in [2.75, 3.05) is 26.2 Å². The van der Waals surface area contributed by atoms with Gasteiger partial charge in [0.2, 0.25) is 16.4 Å². The third kappa shape index (κ3) is 2.78. The van der Waals surface area contributed by atoms with Crippen molar-refractivity contribution in [3.8, 4) is 0 Å². The summed E-state index contributed by atoms with van der Waals surface area (Å²) in [6.07, 6.45) is 0.690. The number of nitro groups is 1. The summed E-state index contributed by atoms with van der Waals surface area (Å²) in [7, 11) is -3.67. The minimum absolute atomic E-state index is 0.0163. The minimum atomic E-state index is -3.67. The Hall–Kier alpha value is -2.00. The van der Waals surface area contributed by atoms with Crippen LogP contribution in [0.3, 0.4) is 0 Å². The molecule has 1 aliphatic heterocycles. The first-order valence-corrected chi connectivity index (χ1v) is 7.33. The van der Waals surface area contributed by atoms with Crippen LogP contribution in [0.5, 0.6) is 0 Å². The van der Waals surface area contributed by atoms with Crippen molar-refractivity contribution in [1.82, 2.24) is 9.21 Å². The summed E-state index contributed by atoms with van der Waals surface area (Å²) in [6.45, 7) is 1.13. The number of carbonyl (C=O) groups excluding carboxylic acids is 1. The van der Waals surface area contributed by atoms with Crippen molar-refractivity contribution in [2.45, 2.75) is 4.90 Å². The molecule has 1 fully saturated rings. The molecule has 0 N–H and O–H groups in total. The standard InChI is InChI=1S/C11H13N3O5S/c15-9-12-5-7-13(8-6-12)20(18,19)11-3-1-10(2-4-11)14(16)17/h1-4,9H,5-8H2. The van der Waals surface area contributed by atoms with Crippen LogP contribution in [0.15, 0.2) is 29.2 Å². The summed E-state index contributed by atoms with van der Waals surface area (Å²) in [5, 5.41) is 10.5. The number of piperazine rings is 1. The van der Waals surface area contributed by atoms with Crippen molar-refractivity contribution < 1.29 is 18.1 Å². The molecule has 1 amide bonds. The molecule has 0 aliphatic carbocycles. The zero-order valence-electron chi connectivity index (χ0n) is 10.5. The number of rotatable bonds is 4. The van der Waals surface area contributed by atoms with Crippen LogP contribution in [-0.2, 0) is 14.8 Å². The highest BCUT2D eigenvalue weighted by Crippen LogP contribution is 2.20. The second kappa shape index (κ2) is 5.55. The normalized spacial score (nSPS) is 16.9. The Morgan fingerprint density at radius 1 is 1.10 bits per heavy atom. The van der Waals surface area contributed by atoms with Gasteiger partial charge in [0, 0.05) is 38.3 Å². The first kappa shape index (κ1) is 14.4. The van der Waals surface area contributed by atoms with Crippen LogP contribution in [-0.4, -0.2) is 55.1 Å². The van der Waals surface area contributed by atoms with Crippen molar-refractivity contribution in [3.05, 3.63) is 34.4 Å². The van der Waals surface area contributed by atoms with Gasteiger partial charge in [0.15, 0.2) is 0 Å². The van der Waals surface area contributed by atoms with Gasteiger partial charge < -0.3 is 4.90 Å². The summed E-state index contributed by atoms with van der Waals surface area (Å²) in [5.41, 5.74) is -0.158. The zero-order valence-corrected chi connectivity index (χ0v) is 11.3. The van der Waals surface area contributed by atoms with Gasteiger partial charge in [-0.05, 0) is 12.1 Å². The Morgan fingerprint density at radius 3 is 2.10 bits per heavy atom. The highest BCUT2D eigenvalue weighted by atomic mass is 32.2. The molecular formula is C11H13N3O5S. The summed E-state index contributed by atoms with van der Waals surface area (Å²) < 4.78 is 25.9. The van der Waals surface area contributed by atoms with E-state index >= 15 is 0 Å². The number of benzene rings is 1. The number of carbonyl (C=O) groups is 1. The zero-order chi connectivity index (χ0) is 14.8. The van der Waals surface area contributed by atoms with Crippen LogP contribution < -0.4 is 0 Å². The number of nitro benzene ring substituents is 1. The Bertz CT molecular complexity index is 605. The molecule has 9 heteroatoms. The van der Waals surface area contributed by atoms with E-state index in [4.69, 9.17) is 0 Å². The monoisotopic (exact) mass is 299 g/mol. The summed E-state index contributed by atoms with van der Waals surface area (Å²) in [4.78, 5) is 22.1. The van der Waals surface area contributed by atoms with Crippen LogP contribution in [0, 0.1) is 10.1 Å². The Morgan fingerprint density at radius 2 is 1.65 bits per heavy atom. The Labute approximate surface area is 115 Å². The highest BCUT2D eigenvalue weighted by molar-refractivity contribution is 7.89. The Balaban J connectivity index is 2.18. The average molecular weight is 299 g/mol. The van der Waals surface area contributed by atoms with Gasteiger partial charge in [-0.3, -0.25) is 14.9 Å². The molecule has 1 heterocycles. The third-order valence-electron chi connectivity index (χ3n) is 3.11. The second-order valence-electron chi connectivity index (χ2n) is 4.30. The molecule has 0 spiro atoms. The van der Waals surface area contributed by atoms with Crippen molar-refractivity contribution in [1.29, 1.82) is 0 Å². The lowest BCUT2D eigenvalue weighted by atomic mass is 10.3. The maximum Gasteiger partial charge on any atom is 0.269 e. The number of hydrogen-bond donors (Lipinski definition) is 0. The lowest BCUT2D eigenvalue weighted by molar-refractivity contribution is -0.384. The van der Waals surface area contributed by atoms with E-state index in [0.29, 0.717) is 19.5 Å². The van der Waals surface area contributed by atoms with Gasteiger partial charge in [-0.15, -0.1) is 0 Å². The molecule has 0 saturated carbocycles. The van der Waals surface area contributed by atoms with Crippen LogP contribution in [0.1, 0.15) is 0 Å². The number of non-ortho nitro benzene ring substituents is 1. The van der Waals surface area contributed by atoms with Crippen LogP contribution >= 0.6 is 0 Å². The smallest absolute Gasteiger partial charge is 0.269 e. The molecule has 0 bridgehead atoms. The molecule has 0 aromatic heterocycles. The molecule has 1 aliphatic rings. The summed E-state index contributed by atoms with van der Waals surface area (Å²) in [6, 6.07) is 4.77. The Kier molecular flexibility index (Phi) is 4.00. The molecular weight excluding hydrogens is 286 g/mol. The maximum absolute atomic E-state index is 12.3. The van der Waals surface area contributed by atoms with E-state index in [-0.39, 0.29) is 23.7 Å². The van der Waals surface area contributed by atoms with E-state index in [2.05, 4.69) is 0 Å². The lowest BCUT2D eigenvalue weighted by Crippen LogP contribution is -2.47. The first-order valence-electron chi connectivity index (χ1n) is 5.89. The highest BCUT2D eigenvalue weighted by Gasteiger charge is 2.28. The fourth-order valence-corrected chi connectivity index (χ4v) is 3.36. The lowest BCUT2D eigenvalue weighted by Gasteiger charge is -2.31. The van der Waals surface area contributed by atoms with Crippen molar-refractivity contribution in [2.24, 2.45) is 0 Å². The van der Waals surface area contributed by atoms with Crippen LogP contribution in [0.4, 0.5) is 5.69 Å². The molecule has 0 radical (unpaired) electrons. The fourth-order valence-electron chi connectivity index (χ4n) is 1.94. The van der Waals surface area contributed by atoms with Crippen LogP contribution in [0.2, 0.25) is 0 Å².